The van der Waals surface area contributed by atoms with Crippen molar-refractivity contribution < 1.29 is 0 Å². The molecule has 6 heteroatoms. The zero-order valence-corrected chi connectivity index (χ0v) is 10.7. The van der Waals surface area contributed by atoms with Gasteiger partial charge in [-0.2, -0.15) is 0 Å². The molecule has 0 aliphatic heterocycles. The van der Waals surface area contributed by atoms with Gasteiger partial charge in [0, 0.05) is 18.8 Å². The lowest BCUT2D eigenvalue weighted by Crippen LogP contribution is -2.20. The number of halogens is 1. The predicted molar refractivity (Wildman–Crippen MR) is 71.0 cm³/mol. The van der Waals surface area contributed by atoms with E-state index >= 15 is 0 Å². The molecule has 2 heterocycles. The van der Waals surface area contributed by atoms with Crippen molar-refractivity contribution in [2.75, 3.05) is 11.9 Å². The third-order valence-corrected chi connectivity index (χ3v) is 2.73. The van der Waals surface area contributed by atoms with Gasteiger partial charge in [0.05, 0.1) is 23.6 Å². The van der Waals surface area contributed by atoms with E-state index in [9.17, 15) is 4.79 Å². The van der Waals surface area contributed by atoms with Gasteiger partial charge in [-0.1, -0.05) is 11.6 Å². The van der Waals surface area contributed by atoms with Gasteiger partial charge >= 0.3 is 0 Å². The molecule has 0 spiro atoms. The van der Waals surface area contributed by atoms with Crippen LogP contribution in [0.15, 0.2) is 35.5 Å². The van der Waals surface area contributed by atoms with Crippen LogP contribution in [0.3, 0.4) is 0 Å². The molecule has 0 saturated carbocycles. The zero-order valence-electron chi connectivity index (χ0n) is 9.93. The lowest BCUT2D eigenvalue weighted by molar-refractivity contribution is 0.719. The topological polar surface area (TPSA) is 59.8 Å². The molecule has 0 bridgehead atoms. The Bertz CT molecular complexity index is 597. The third-order valence-electron chi connectivity index (χ3n) is 2.39. The smallest absolute Gasteiger partial charge is 0.253 e. The maximum absolute atomic E-state index is 11.6. The maximum atomic E-state index is 11.6. The molecular weight excluding hydrogens is 252 g/mol. The van der Waals surface area contributed by atoms with Crippen LogP contribution in [0.4, 0.5) is 5.82 Å². The molecule has 0 aliphatic carbocycles. The van der Waals surface area contributed by atoms with E-state index in [1.54, 1.807) is 12.1 Å². The number of anilines is 1. The minimum Gasteiger partial charge on any atom is -0.370 e. The van der Waals surface area contributed by atoms with Crippen molar-refractivity contribution in [2.45, 2.75) is 13.5 Å². The van der Waals surface area contributed by atoms with Crippen LogP contribution in [0.25, 0.3) is 0 Å². The van der Waals surface area contributed by atoms with Gasteiger partial charge in [-0.25, -0.2) is 9.97 Å². The second-order valence-corrected chi connectivity index (χ2v) is 4.11. The van der Waals surface area contributed by atoms with E-state index in [0.29, 0.717) is 17.3 Å². The zero-order chi connectivity index (χ0) is 13.0. The van der Waals surface area contributed by atoms with Crippen molar-refractivity contribution in [2.24, 2.45) is 0 Å². The van der Waals surface area contributed by atoms with Crippen molar-refractivity contribution >= 4 is 17.4 Å². The Kier molecular flexibility index (Phi) is 3.94. The summed E-state index contributed by atoms with van der Waals surface area (Å²) in [5, 5.41) is 3.64. The van der Waals surface area contributed by atoms with Gasteiger partial charge in [0.25, 0.3) is 5.56 Å². The quantitative estimate of drug-likeness (QED) is 0.914. The monoisotopic (exact) mass is 264 g/mol. The van der Waals surface area contributed by atoms with Crippen LogP contribution in [0.2, 0.25) is 5.02 Å². The molecule has 0 saturated heterocycles. The molecule has 0 aliphatic rings. The number of aromatic nitrogens is 3. The van der Waals surface area contributed by atoms with Crippen molar-refractivity contribution in [3.8, 4) is 0 Å². The Morgan fingerprint density at radius 1 is 1.39 bits per heavy atom. The molecule has 0 atom stereocenters. The molecule has 2 aromatic heterocycles. The van der Waals surface area contributed by atoms with E-state index in [4.69, 9.17) is 11.6 Å². The second-order valence-electron chi connectivity index (χ2n) is 3.70. The first kappa shape index (κ1) is 12.6. The van der Waals surface area contributed by atoms with Gasteiger partial charge in [-0.3, -0.25) is 9.36 Å². The average molecular weight is 265 g/mol. The first-order chi connectivity index (χ1) is 8.70. The van der Waals surface area contributed by atoms with Gasteiger partial charge in [0.2, 0.25) is 0 Å². The lowest BCUT2D eigenvalue weighted by Gasteiger charge is -2.08. The fourth-order valence-electron chi connectivity index (χ4n) is 1.53. The Morgan fingerprint density at radius 2 is 2.22 bits per heavy atom. The molecular formula is C12H13ClN4O. The van der Waals surface area contributed by atoms with E-state index in [-0.39, 0.29) is 5.56 Å². The molecule has 5 nitrogen and oxygen atoms in total. The highest BCUT2D eigenvalue weighted by Crippen LogP contribution is 2.17. The Morgan fingerprint density at radius 3 is 2.94 bits per heavy atom. The van der Waals surface area contributed by atoms with E-state index in [0.717, 1.165) is 12.4 Å². The summed E-state index contributed by atoms with van der Waals surface area (Å²) < 4.78 is 1.46. The van der Waals surface area contributed by atoms with E-state index in [1.807, 2.05) is 6.92 Å². The molecule has 2 aromatic rings. The van der Waals surface area contributed by atoms with Gasteiger partial charge < -0.3 is 5.32 Å². The molecule has 0 unspecified atom stereocenters. The SMILES string of the molecule is CCNc1ccc(Cl)c(Cn2cnccc2=O)n1. The predicted octanol–water partition coefficient (Wildman–Crippen LogP) is 1.77. The van der Waals surface area contributed by atoms with Crippen LogP contribution in [-0.2, 0) is 6.54 Å². The van der Waals surface area contributed by atoms with Crippen molar-refractivity contribution in [1.29, 1.82) is 0 Å². The lowest BCUT2D eigenvalue weighted by atomic mass is 10.3. The molecule has 1 N–H and O–H groups in total. The summed E-state index contributed by atoms with van der Waals surface area (Å²) in [4.78, 5) is 19.9. The fraction of sp³-hybridized carbons (Fsp3) is 0.250. The van der Waals surface area contributed by atoms with Crippen LogP contribution in [0.5, 0.6) is 0 Å². The normalized spacial score (nSPS) is 10.3. The summed E-state index contributed by atoms with van der Waals surface area (Å²) in [7, 11) is 0. The maximum Gasteiger partial charge on any atom is 0.253 e. The van der Waals surface area contributed by atoms with Crippen molar-refractivity contribution in [3.05, 3.63) is 51.8 Å². The summed E-state index contributed by atoms with van der Waals surface area (Å²) in [5.74, 6) is 0.744. The standard InChI is InChI=1S/C12H13ClN4O/c1-2-15-11-4-3-9(13)10(16-11)7-17-8-14-6-5-12(17)18/h3-6,8H,2,7H2,1H3,(H,15,16). The summed E-state index contributed by atoms with van der Waals surface area (Å²) in [6.45, 7) is 3.08. The van der Waals surface area contributed by atoms with Gasteiger partial charge in [0.15, 0.2) is 0 Å². The van der Waals surface area contributed by atoms with E-state index < -0.39 is 0 Å². The van der Waals surface area contributed by atoms with Gasteiger partial charge in [-0.15, -0.1) is 0 Å². The number of hydrogen-bond acceptors (Lipinski definition) is 4. The molecule has 2 rings (SSSR count). The van der Waals surface area contributed by atoms with Gasteiger partial charge in [-0.05, 0) is 19.1 Å². The van der Waals surface area contributed by atoms with E-state index in [2.05, 4.69) is 15.3 Å². The van der Waals surface area contributed by atoms with E-state index in [1.165, 1.54) is 23.2 Å². The highest BCUT2D eigenvalue weighted by molar-refractivity contribution is 6.31. The number of pyridine rings is 1. The summed E-state index contributed by atoms with van der Waals surface area (Å²) >= 11 is 6.07. The Hall–Kier alpha value is -1.88. The average Bonchev–Trinajstić information content (AvgIpc) is 2.36. The number of nitrogens with zero attached hydrogens (tertiary/aromatic N) is 3. The molecule has 0 amide bonds. The first-order valence-corrected chi connectivity index (χ1v) is 5.98. The Labute approximate surface area is 109 Å². The van der Waals surface area contributed by atoms with Gasteiger partial charge in [0.1, 0.15) is 5.82 Å². The largest absolute Gasteiger partial charge is 0.370 e. The van der Waals surface area contributed by atoms with Crippen LogP contribution in [0, 0.1) is 0 Å². The highest BCUT2D eigenvalue weighted by atomic mass is 35.5. The van der Waals surface area contributed by atoms with Crippen LogP contribution in [0.1, 0.15) is 12.6 Å². The van der Waals surface area contributed by atoms with Crippen LogP contribution >= 0.6 is 11.6 Å². The molecule has 18 heavy (non-hydrogen) atoms. The van der Waals surface area contributed by atoms with Crippen LogP contribution in [-0.4, -0.2) is 21.1 Å². The summed E-state index contributed by atoms with van der Waals surface area (Å²) in [6, 6.07) is 4.98. The first-order valence-electron chi connectivity index (χ1n) is 5.60. The molecule has 94 valence electrons. The minimum absolute atomic E-state index is 0.128. The Balaban J connectivity index is 2.31. The molecule has 0 radical (unpaired) electrons. The molecule has 0 fully saturated rings. The fourth-order valence-corrected chi connectivity index (χ4v) is 1.70. The summed E-state index contributed by atoms with van der Waals surface area (Å²) in [6.07, 6.45) is 2.93. The number of rotatable bonds is 4. The van der Waals surface area contributed by atoms with Crippen LogP contribution < -0.4 is 10.9 Å². The number of hydrogen-bond donors (Lipinski definition) is 1. The third kappa shape index (κ3) is 2.87. The highest BCUT2D eigenvalue weighted by Gasteiger charge is 2.05. The second kappa shape index (κ2) is 5.64. The summed E-state index contributed by atoms with van der Waals surface area (Å²) in [5.41, 5.74) is 0.516. The van der Waals surface area contributed by atoms with Crippen molar-refractivity contribution in [1.82, 2.24) is 14.5 Å². The number of nitrogens with one attached hydrogen (secondary N) is 1. The molecule has 0 aromatic carbocycles. The minimum atomic E-state index is -0.128. The van der Waals surface area contributed by atoms with Crippen molar-refractivity contribution in [3.63, 3.8) is 0 Å².